The first-order chi connectivity index (χ1) is 9.33. The van der Waals surface area contributed by atoms with Crippen molar-refractivity contribution >= 4 is 0 Å². The van der Waals surface area contributed by atoms with E-state index in [1.807, 2.05) is 36.4 Å². The molecular formula is C17H19NO. The van der Waals surface area contributed by atoms with E-state index in [0.29, 0.717) is 0 Å². The molecule has 3 rings (SSSR count). The predicted molar refractivity (Wildman–Crippen MR) is 77.4 cm³/mol. The van der Waals surface area contributed by atoms with Crippen molar-refractivity contribution in [2.45, 2.75) is 31.7 Å². The van der Waals surface area contributed by atoms with Gasteiger partial charge in [0.2, 0.25) is 0 Å². The summed E-state index contributed by atoms with van der Waals surface area (Å²) in [5.74, 6) is 1.74. The molecule has 2 aromatic carbocycles. The fourth-order valence-electron chi connectivity index (χ4n) is 2.67. The standard InChI is InChI=1S/C17H19NO/c18-17-9-5-4-6-13-10-11-15(12-16(13)17)19-14-7-2-1-3-8-14/h1-3,7-8,10-12,17H,4-6,9,18H2/t17-/m0/s1. The molecule has 1 aliphatic carbocycles. The van der Waals surface area contributed by atoms with Crippen LogP contribution in [-0.2, 0) is 6.42 Å². The third kappa shape index (κ3) is 2.79. The minimum Gasteiger partial charge on any atom is -0.457 e. The number of rotatable bonds is 2. The molecule has 0 radical (unpaired) electrons. The maximum absolute atomic E-state index is 6.25. The maximum atomic E-state index is 6.25. The lowest BCUT2D eigenvalue weighted by molar-refractivity contribution is 0.480. The molecule has 98 valence electrons. The second-order valence-electron chi connectivity index (χ2n) is 5.13. The van der Waals surface area contributed by atoms with Crippen molar-refractivity contribution in [3.63, 3.8) is 0 Å². The van der Waals surface area contributed by atoms with Crippen LogP contribution in [0.1, 0.15) is 36.4 Å². The Bertz CT molecular complexity index is 550. The molecule has 2 heteroatoms. The molecule has 0 saturated heterocycles. The fourth-order valence-corrected chi connectivity index (χ4v) is 2.67. The van der Waals surface area contributed by atoms with Crippen LogP contribution in [0.5, 0.6) is 11.5 Å². The van der Waals surface area contributed by atoms with Gasteiger partial charge in [0.1, 0.15) is 11.5 Å². The predicted octanol–water partition coefficient (Wildman–Crippen LogP) is 4.21. The van der Waals surface area contributed by atoms with Gasteiger partial charge in [0, 0.05) is 6.04 Å². The molecule has 0 aromatic heterocycles. The molecule has 1 atom stereocenters. The molecule has 0 amide bonds. The van der Waals surface area contributed by atoms with Crippen LogP contribution >= 0.6 is 0 Å². The lowest BCUT2D eigenvalue weighted by atomic mass is 9.99. The molecule has 0 heterocycles. The fraction of sp³-hybridized carbons (Fsp3) is 0.294. The van der Waals surface area contributed by atoms with E-state index in [-0.39, 0.29) is 6.04 Å². The SMILES string of the molecule is N[C@H]1CCCCc2ccc(Oc3ccccc3)cc21. The van der Waals surface area contributed by atoms with Crippen LogP contribution in [-0.4, -0.2) is 0 Å². The average molecular weight is 253 g/mol. The molecule has 0 saturated carbocycles. The van der Waals surface area contributed by atoms with Crippen LogP contribution in [0.15, 0.2) is 48.5 Å². The summed E-state index contributed by atoms with van der Waals surface area (Å²) in [6, 6.07) is 16.3. The Morgan fingerprint density at radius 3 is 2.63 bits per heavy atom. The van der Waals surface area contributed by atoms with E-state index in [4.69, 9.17) is 10.5 Å². The van der Waals surface area contributed by atoms with E-state index in [0.717, 1.165) is 24.3 Å². The van der Waals surface area contributed by atoms with Gasteiger partial charge in [-0.1, -0.05) is 30.7 Å². The van der Waals surface area contributed by atoms with Crippen molar-refractivity contribution < 1.29 is 4.74 Å². The first kappa shape index (κ1) is 12.2. The Hall–Kier alpha value is -1.80. The van der Waals surface area contributed by atoms with Gasteiger partial charge in [-0.2, -0.15) is 0 Å². The van der Waals surface area contributed by atoms with E-state index < -0.39 is 0 Å². The van der Waals surface area contributed by atoms with Crippen LogP contribution in [0, 0.1) is 0 Å². The van der Waals surface area contributed by atoms with Gasteiger partial charge >= 0.3 is 0 Å². The molecule has 1 aliphatic rings. The van der Waals surface area contributed by atoms with Gasteiger partial charge in [-0.05, 0) is 54.7 Å². The number of aryl methyl sites for hydroxylation is 1. The lowest BCUT2D eigenvalue weighted by Crippen LogP contribution is -2.10. The highest BCUT2D eigenvalue weighted by Gasteiger charge is 2.15. The largest absolute Gasteiger partial charge is 0.457 e. The molecule has 0 fully saturated rings. The minimum absolute atomic E-state index is 0.150. The third-order valence-electron chi connectivity index (χ3n) is 3.71. The van der Waals surface area contributed by atoms with Crippen LogP contribution in [0.2, 0.25) is 0 Å². The zero-order chi connectivity index (χ0) is 13.1. The smallest absolute Gasteiger partial charge is 0.127 e. The third-order valence-corrected chi connectivity index (χ3v) is 3.71. The molecule has 2 N–H and O–H groups in total. The highest BCUT2D eigenvalue weighted by molar-refractivity contribution is 5.40. The molecule has 19 heavy (non-hydrogen) atoms. The van der Waals surface area contributed by atoms with Gasteiger partial charge in [0.15, 0.2) is 0 Å². The summed E-state index contributed by atoms with van der Waals surface area (Å²) in [5, 5.41) is 0. The summed E-state index contributed by atoms with van der Waals surface area (Å²) in [4.78, 5) is 0. The van der Waals surface area contributed by atoms with E-state index >= 15 is 0 Å². The molecule has 2 aromatic rings. The first-order valence-electron chi connectivity index (χ1n) is 6.94. The molecule has 0 bridgehead atoms. The molecular weight excluding hydrogens is 234 g/mol. The van der Waals surface area contributed by atoms with E-state index in [9.17, 15) is 0 Å². The van der Waals surface area contributed by atoms with Gasteiger partial charge in [-0.3, -0.25) is 0 Å². The van der Waals surface area contributed by atoms with Gasteiger partial charge < -0.3 is 10.5 Å². The molecule has 0 unspecified atom stereocenters. The summed E-state index contributed by atoms with van der Waals surface area (Å²) in [6.07, 6.45) is 4.65. The summed E-state index contributed by atoms with van der Waals surface area (Å²) in [7, 11) is 0. The molecule has 0 spiro atoms. The highest BCUT2D eigenvalue weighted by atomic mass is 16.5. The quantitative estimate of drug-likeness (QED) is 0.814. The molecule has 0 aliphatic heterocycles. The van der Waals surface area contributed by atoms with Crippen molar-refractivity contribution in [3.8, 4) is 11.5 Å². The second kappa shape index (κ2) is 5.45. The van der Waals surface area contributed by atoms with E-state index in [1.165, 1.54) is 24.0 Å². The van der Waals surface area contributed by atoms with Gasteiger partial charge in [0.05, 0.1) is 0 Å². The number of hydrogen-bond donors (Lipinski definition) is 1. The number of benzene rings is 2. The van der Waals surface area contributed by atoms with Crippen LogP contribution < -0.4 is 10.5 Å². The van der Waals surface area contributed by atoms with Gasteiger partial charge in [-0.25, -0.2) is 0 Å². The van der Waals surface area contributed by atoms with Crippen molar-refractivity contribution in [2.75, 3.05) is 0 Å². The van der Waals surface area contributed by atoms with Crippen molar-refractivity contribution in [1.29, 1.82) is 0 Å². The first-order valence-corrected chi connectivity index (χ1v) is 6.94. The number of nitrogens with two attached hydrogens (primary N) is 1. The topological polar surface area (TPSA) is 35.2 Å². The van der Waals surface area contributed by atoms with E-state index in [1.54, 1.807) is 0 Å². The monoisotopic (exact) mass is 253 g/mol. The molecule has 2 nitrogen and oxygen atoms in total. The number of para-hydroxylation sites is 1. The van der Waals surface area contributed by atoms with E-state index in [2.05, 4.69) is 12.1 Å². The Balaban J connectivity index is 1.88. The van der Waals surface area contributed by atoms with Crippen LogP contribution in [0.25, 0.3) is 0 Å². The van der Waals surface area contributed by atoms with Crippen LogP contribution in [0.4, 0.5) is 0 Å². The van der Waals surface area contributed by atoms with Crippen molar-refractivity contribution in [2.24, 2.45) is 5.73 Å². The maximum Gasteiger partial charge on any atom is 0.127 e. The minimum atomic E-state index is 0.150. The lowest BCUT2D eigenvalue weighted by Gasteiger charge is -2.14. The second-order valence-corrected chi connectivity index (χ2v) is 5.13. The number of fused-ring (bicyclic) bond motifs is 1. The summed E-state index contributed by atoms with van der Waals surface area (Å²) >= 11 is 0. The number of ether oxygens (including phenoxy) is 1. The zero-order valence-electron chi connectivity index (χ0n) is 11.0. The summed E-state index contributed by atoms with van der Waals surface area (Å²) < 4.78 is 5.88. The normalized spacial score (nSPS) is 18.5. The Morgan fingerprint density at radius 2 is 1.79 bits per heavy atom. The Labute approximate surface area is 114 Å². The zero-order valence-corrected chi connectivity index (χ0v) is 11.0. The van der Waals surface area contributed by atoms with Crippen molar-refractivity contribution in [3.05, 3.63) is 59.7 Å². The van der Waals surface area contributed by atoms with Crippen LogP contribution in [0.3, 0.4) is 0 Å². The highest BCUT2D eigenvalue weighted by Crippen LogP contribution is 2.31. The van der Waals surface area contributed by atoms with Gasteiger partial charge in [0.25, 0.3) is 0 Å². The summed E-state index contributed by atoms with van der Waals surface area (Å²) in [5.41, 5.74) is 8.89. The number of hydrogen-bond acceptors (Lipinski definition) is 2. The van der Waals surface area contributed by atoms with Gasteiger partial charge in [-0.15, -0.1) is 0 Å². The Kier molecular flexibility index (Phi) is 3.51. The van der Waals surface area contributed by atoms with Crippen molar-refractivity contribution in [1.82, 2.24) is 0 Å². The summed E-state index contributed by atoms with van der Waals surface area (Å²) in [6.45, 7) is 0. The average Bonchev–Trinajstić information content (AvgIpc) is 2.62. The Morgan fingerprint density at radius 1 is 0.947 bits per heavy atom.